The number of anilines is 1. The van der Waals surface area contributed by atoms with Crippen molar-refractivity contribution in [3.05, 3.63) is 108 Å². The minimum Gasteiger partial charge on any atom is -0.377 e. The van der Waals surface area contributed by atoms with Crippen LogP contribution in [0.15, 0.2) is 102 Å². The summed E-state index contributed by atoms with van der Waals surface area (Å²) in [7, 11) is 0.0571. The fourth-order valence-corrected chi connectivity index (χ4v) is 12.6. The zero-order chi connectivity index (χ0) is 47.1. The molecule has 3 heterocycles. The summed E-state index contributed by atoms with van der Waals surface area (Å²) in [4.78, 5) is 65.8. The van der Waals surface area contributed by atoms with E-state index in [1.54, 1.807) is 21.9 Å². The standard InChI is InChI=1S/C53H69N7O6S/c1-38(41-22-11-6-12-23-41)60-43(24-13-14-30-55-67(65,66)49-29-16-26-46-47(49)27-15-28-48(46)56(2)3)37-59(52(63)53(60)64)45(33-40-20-9-5-10-21-40)35-57-31-17-25-42(57)36-58-44(34-54-50(61)51(58)62)32-39-18-7-4-8-19-39/h4,6-8,11-12,15-16,18-19,22-23,26-29,38,40,42-45,55H,5,9-10,13-14,17,20-21,24-25,30-37H2,1-3H3,(H,54,61)/t38?,42-,43-,44-,45+/m0/s1. The highest BCUT2D eigenvalue weighted by molar-refractivity contribution is 7.89. The number of sulfonamides is 1. The average molecular weight is 932 g/mol. The lowest BCUT2D eigenvalue weighted by Gasteiger charge is -2.48. The smallest absolute Gasteiger partial charge is 0.312 e. The molecule has 0 bridgehead atoms. The van der Waals surface area contributed by atoms with Crippen LogP contribution in [0.5, 0.6) is 0 Å². The van der Waals surface area contributed by atoms with E-state index in [2.05, 4.69) is 27.1 Å². The second-order valence-electron chi connectivity index (χ2n) is 19.5. The predicted molar refractivity (Wildman–Crippen MR) is 263 cm³/mol. The van der Waals surface area contributed by atoms with E-state index in [1.165, 1.54) is 6.42 Å². The van der Waals surface area contributed by atoms with Crippen molar-refractivity contribution >= 4 is 50.1 Å². The topological polar surface area (TPSA) is 143 Å². The van der Waals surface area contributed by atoms with Crippen molar-refractivity contribution in [2.24, 2.45) is 5.92 Å². The van der Waals surface area contributed by atoms with Crippen molar-refractivity contribution in [3.8, 4) is 0 Å². The fourth-order valence-electron chi connectivity index (χ4n) is 11.3. The molecular formula is C53H69N7O6S. The molecule has 0 radical (unpaired) electrons. The largest absolute Gasteiger partial charge is 0.377 e. The summed E-state index contributed by atoms with van der Waals surface area (Å²) < 4.78 is 30.4. The molecule has 8 rings (SSSR count). The van der Waals surface area contributed by atoms with Crippen molar-refractivity contribution in [3.63, 3.8) is 0 Å². The number of carbonyl (C=O) groups excluding carboxylic acids is 4. The first kappa shape index (κ1) is 48.2. The zero-order valence-electron chi connectivity index (χ0n) is 39.5. The van der Waals surface area contributed by atoms with E-state index >= 15 is 0 Å². The number of fused-ring (bicyclic) bond motifs is 1. The van der Waals surface area contributed by atoms with Gasteiger partial charge in [-0.1, -0.05) is 123 Å². The maximum absolute atomic E-state index is 14.7. The summed E-state index contributed by atoms with van der Waals surface area (Å²) in [5, 5.41) is 4.35. The van der Waals surface area contributed by atoms with Gasteiger partial charge in [0.25, 0.3) is 0 Å². The van der Waals surface area contributed by atoms with E-state index in [0.717, 1.165) is 73.7 Å². The van der Waals surface area contributed by atoms with Crippen molar-refractivity contribution in [1.82, 2.24) is 29.6 Å². The molecule has 3 aliphatic heterocycles. The molecule has 0 spiro atoms. The second-order valence-corrected chi connectivity index (χ2v) is 21.3. The highest BCUT2D eigenvalue weighted by atomic mass is 32.2. The molecule has 4 aromatic rings. The minimum absolute atomic E-state index is 0.00987. The number of unbranched alkanes of at least 4 members (excludes halogenated alkanes) is 1. The van der Waals surface area contributed by atoms with Gasteiger partial charge in [0.2, 0.25) is 10.0 Å². The molecule has 67 heavy (non-hydrogen) atoms. The fraction of sp³-hybridized carbons (Fsp3) is 0.509. The van der Waals surface area contributed by atoms with Gasteiger partial charge in [-0.2, -0.15) is 0 Å². The number of nitrogens with one attached hydrogen (secondary N) is 2. The van der Waals surface area contributed by atoms with Gasteiger partial charge in [0, 0.05) is 75.4 Å². The summed E-state index contributed by atoms with van der Waals surface area (Å²) >= 11 is 0. The molecule has 1 unspecified atom stereocenters. The first-order valence-electron chi connectivity index (χ1n) is 24.6. The zero-order valence-corrected chi connectivity index (χ0v) is 40.3. The van der Waals surface area contributed by atoms with Crippen LogP contribution in [0.25, 0.3) is 10.8 Å². The van der Waals surface area contributed by atoms with Crippen molar-refractivity contribution in [2.75, 3.05) is 58.3 Å². The lowest BCUT2D eigenvalue weighted by atomic mass is 9.84. The van der Waals surface area contributed by atoms with Gasteiger partial charge in [-0.3, -0.25) is 24.1 Å². The third-order valence-electron chi connectivity index (χ3n) is 14.9. The summed E-state index contributed by atoms with van der Waals surface area (Å²) in [5.41, 5.74) is 3.00. The van der Waals surface area contributed by atoms with Crippen molar-refractivity contribution < 1.29 is 27.6 Å². The Morgan fingerprint density at radius 3 is 2.21 bits per heavy atom. The molecule has 3 saturated heterocycles. The molecule has 14 heteroatoms. The maximum atomic E-state index is 14.7. The number of benzene rings is 4. The predicted octanol–water partition coefficient (Wildman–Crippen LogP) is 6.53. The number of nitrogens with zero attached hydrogens (tertiary/aromatic N) is 5. The number of piperazine rings is 2. The average Bonchev–Trinajstić information content (AvgIpc) is 3.78. The molecule has 4 fully saturated rings. The Balaban J connectivity index is 1.000. The Morgan fingerprint density at radius 2 is 1.46 bits per heavy atom. The van der Waals surface area contributed by atoms with E-state index in [4.69, 9.17) is 0 Å². The van der Waals surface area contributed by atoms with Crippen molar-refractivity contribution in [1.29, 1.82) is 0 Å². The van der Waals surface area contributed by atoms with Crippen LogP contribution >= 0.6 is 0 Å². The monoisotopic (exact) mass is 932 g/mol. The van der Waals surface area contributed by atoms with Crippen LogP contribution in [0.2, 0.25) is 0 Å². The highest BCUT2D eigenvalue weighted by Crippen LogP contribution is 2.35. The quantitative estimate of drug-likeness (QED) is 0.0800. The number of hydrogen-bond donors (Lipinski definition) is 2. The Hall–Kier alpha value is -5.31. The molecule has 5 atom stereocenters. The van der Waals surface area contributed by atoms with Gasteiger partial charge in [-0.05, 0) is 81.2 Å². The molecule has 2 N–H and O–H groups in total. The van der Waals surface area contributed by atoms with Crippen molar-refractivity contribution in [2.45, 2.75) is 119 Å². The normalized spacial score (nSPS) is 22.1. The Morgan fingerprint density at radius 1 is 0.746 bits per heavy atom. The SMILES string of the molecule is CC(c1ccccc1)N1C(=O)C(=O)N([C@H](CC2CCCCC2)CN2CCC[C@H]2CN2C(=O)C(=O)NC[C@@H]2Cc2ccccc2)C[C@@H]1CCCCNS(=O)(=O)c1cccc2c(N(C)C)cccc12. The van der Waals surface area contributed by atoms with Crippen LogP contribution in [0.3, 0.4) is 0 Å². The molecule has 358 valence electrons. The number of likely N-dealkylation sites (tertiary alicyclic amines) is 1. The van der Waals surface area contributed by atoms with E-state index in [-0.39, 0.29) is 41.6 Å². The van der Waals surface area contributed by atoms with E-state index in [9.17, 15) is 27.6 Å². The summed E-state index contributed by atoms with van der Waals surface area (Å²) in [6.07, 6.45) is 10.8. The molecule has 4 aliphatic rings. The van der Waals surface area contributed by atoms with Gasteiger partial charge < -0.3 is 24.9 Å². The first-order chi connectivity index (χ1) is 32.4. The number of rotatable bonds is 19. The van der Waals surface area contributed by atoms with E-state index in [1.807, 2.05) is 104 Å². The highest BCUT2D eigenvalue weighted by Gasteiger charge is 2.46. The Labute approximate surface area is 397 Å². The number of hydrogen-bond acceptors (Lipinski definition) is 8. The molecule has 1 aliphatic carbocycles. The molecule has 13 nitrogen and oxygen atoms in total. The third-order valence-corrected chi connectivity index (χ3v) is 16.4. The lowest BCUT2D eigenvalue weighted by Crippen LogP contribution is -2.64. The third kappa shape index (κ3) is 11.2. The second kappa shape index (κ2) is 21.8. The van der Waals surface area contributed by atoms with Crippen LogP contribution < -0.4 is 14.9 Å². The van der Waals surface area contributed by atoms with Crippen LogP contribution in [0.4, 0.5) is 5.69 Å². The summed E-state index contributed by atoms with van der Waals surface area (Å²) in [6.45, 7) is 4.84. The van der Waals surface area contributed by atoms with E-state index < -0.39 is 33.7 Å². The first-order valence-corrected chi connectivity index (χ1v) is 26.1. The molecule has 4 aromatic carbocycles. The summed E-state index contributed by atoms with van der Waals surface area (Å²) in [5.74, 6) is -1.59. The van der Waals surface area contributed by atoms with Gasteiger partial charge in [0.1, 0.15) is 0 Å². The van der Waals surface area contributed by atoms with Crippen LogP contribution in [0, 0.1) is 5.92 Å². The molecular weight excluding hydrogens is 863 g/mol. The van der Waals surface area contributed by atoms with Gasteiger partial charge >= 0.3 is 23.6 Å². The molecule has 1 saturated carbocycles. The van der Waals surface area contributed by atoms with Crippen LogP contribution in [-0.2, 0) is 35.6 Å². The van der Waals surface area contributed by atoms with Crippen LogP contribution in [-0.4, -0.2) is 129 Å². The van der Waals surface area contributed by atoms with Gasteiger partial charge in [-0.25, -0.2) is 13.1 Å². The minimum atomic E-state index is -3.83. The van der Waals surface area contributed by atoms with Gasteiger partial charge in [-0.15, -0.1) is 0 Å². The molecule has 0 aromatic heterocycles. The summed E-state index contributed by atoms with van der Waals surface area (Å²) in [6, 6.07) is 30.0. The number of carbonyl (C=O) groups is 4. The molecule has 4 amide bonds. The Bertz CT molecular complexity index is 2470. The number of amides is 4. The Kier molecular flexibility index (Phi) is 15.6. The van der Waals surface area contributed by atoms with E-state index in [0.29, 0.717) is 63.2 Å². The van der Waals surface area contributed by atoms with Crippen LogP contribution in [0.1, 0.15) is 94.7 Å². The lowest BCUT2D eigenvalue weighted by molar-refractivity contribution is -0.164. The van der Waals surface area contributed by atoms with Gasteiger partial charge in [0.05, 0.1) is 23.0 Å². The maximum Gasteiger partial charge on any atom is 0.312 e. The van der Waals surface area contributed by atoms with Gasteiger partial charge in [0.15, 0.2) is 0 Å².